The first-order chi connectivity index (χ1) is 19.0. The Kier molecular flexibility index (Phi) is 9.23. The summed E-state index contributed by atoms with van der Waals surface area (Å²) in [6.07, 6.45) is 3.04. The maximum atomic E-state index is 13.3. The van der Waals surface area contributed by atoms with E-state index in [2.05, 4.69) is 5.32 Å². The van der Waals surface area contributed by atoms with Gasteiger partial charge in [0.2, 0.25) is 0 Å². The Morgan fingerprint density at radius 1 is 0.769 bits per heavy atom. The van der Waals surface area contributed by atoms with Crippen molar-refractivity contribution < 1.29 is 24.2 Å². The number of ether oxygens (including phenoxy) is 1. The Morgan fingerprint density at radius 3 is 2.03 bits per heavy atom. The number of carboxylic acid groups (broad SMARTS) is 1. The topological polar surface area (TPSA) is 95.9 Å². The van der Waals surface area contributed by atoms with Gasteiger partial charge in [-0.05, 0) is 53.1 Å². The molecule has 2 amide bonds. The summed E-state index contributed by atoms with van der Waals surface area (Å²) in [5.74, 6) is -0.969. The molecule has 2 N–H and O–H groups in total. The minimum absolute atomic E-state index is 0.0295. The Morgan fingerprint density at radius 2 is 1.38 bits per heavy atom. The van der Waals surface area contributed by atoms with Gasteiger partial charge in [-0.2, -0.15) is 0 Å². The van der Waals surface area contributed by atoms with Crippen LogP contribution in [0, 0.1) is 0 Å². The third-order valence-corrected chi connectivity index (χ3v) is 5.85. The van der Waals surface area contributed by atoms with Crippen molar-refractivity contribution in [2.75, 3.05) is 18.0 Å². The number of carbonyl (C=O) groups excluding carboxylic acids is 2. The average Bonchev–Trinajstić information content (AvgIpc) is 2.96. The predicted octanol–water partition coefficient (Wildman–Crippen LogP) is 6.28. The van der Waals surface area contributed by atoms with Gasteiger partial charge in [-0.25, -0.2) is 4.79 Å². The van der Waals surface area contributed by atoms with Gasteiger partial charge in [0.15, 0.2) is 0 Å². The van der Waals surface area contributed by atoms with Crippen molar-refractivity contribution in [3.8, 4) is 16.9 Å². The summed E-state index contributed by atoms with van der Waals surface area (Å²) in [6.45, 7) is 0.266. The van der Waals surface area contributed by atoms with Crippen LogP contribution in [0.1, 0.15) is 22.3 Å². The van der Waals surface area contributed by atoms with Crippen LogP contribution in [0.4, 0.5) is 10.5 Å². The molecule has 7 nitrogen and oxygen atoms in total. The van der Waals surface area contributed by atoms with Crippen LogP contribution in [0.3, 0.4) is 0 Å². The molecule has 0 unspecified atom stereocenters. The molecule has 39 heavy (non-hydrogen) atoms. The van der Waals surface area contributed by atoms with E-state index in [9.17, 15) is 14.4 Å². The first kappa shape index (κ1) is 26.9. The SMILES string of the molecule is O=C(O)CCNC(=O)c1ccc(N(C/C=C/c2ccccc2)C(=O)Oc2ccc(-c3ccccc3)cc2)cc1. The van der Waals surface area contributed by atoms with Crippen molar-refractivity contribution in [1.82, 2.24) is 5.32 Å². The highest BCUT2D eigenvalue weighted by atomic mass is 16.6. The van der Waals surface area contributed by atoms with E-state index in [4.69, 9.17) is 9.84 Å². The van der Waals surface area contributed by atoms with Gasteiger partial charge in [0.05, 0.1) is 6.42 Å². The van der Waals surface area contributed by atoms with Crippen LogP contribution in [-0.2, 0) is 4.79 Å². The van der Waals surface area contributed by atoms with E-state index in [0.717, 1.165) is 16.7 Å². The van der Waals surface area contributed by atoms with Crippen LogP contribution in [0.5, 0.6) is 5.75 Å². The summed E-state index contributed by atoms with van der Waals surface area (Å²) < 4.78 is 5.70. The van der Waals surface area contributed by atoms with E-state index in [-0.39, 0.29) is 25.4 Å². The van der Waals surface area contributed by atoms with Crippen LogP contribution >= 0.6 is 0 Å². The van der Waals surface area contributed by atoms with Crippen molar-refractivity contribution in [3.63, 3.8) is 0 Å². The zero-order valence-corrected chi connectivity index (χ0v) is 21.2. The molecule has 0 aliphatic rings. The summed E-state index contributed by atoms with van der Waals surface area (Å²) in [5.41, 5.74) is 3.97. The number of hydrogen-bond donors (Lipinski definition) is 2. The van der Waals surface area contributed by atoms with Gasteiger partial charge in [-0.1, -0.05) is 84.9 Å². The summed E-state index contributed by atoms with van der Waals surface area (Å²) in [6, 6.07) is 33.4. The van der Waals surface area contributed by atoms with Crippen LogP contribution in [0.25, 0.3) is 17.2 Å². The predicted molar refractivity (Wildman–Crippen MR) is 152 cm³/mol. The number of carboxylic acids is 1. The molecule has 0 fully saturated rings. The number of aliphatic carboxylic acids is 1. The lowest BCUT2D eigenvalue weighted by Gasteiger charge is -2.21. The highest BCUT2D eigenvalue weighted by Crippen LogP contribution is 2.24. The molecule has 0 saturated carbocycles. The van der Waals surface area contributed by atoms with Gasteiger partial charge in [0.25, 0.3) is 5.91 Å². The fourth-order valence-corrected chi connectivity index (χ4v) is 3.82. The van der Waals surface area contributed by atoms with Crippen molar-refractivity contribution >= 4 is 29.7 Å². The zero-order valence-electron chi connectivity index (χ0n) is 21.2. The molecule has 7 heteroatoms. The van der Waals surface area contributed by atoms with Crippen molar-refractivity contribution in [2.24, 2.45) is 0 Å². The van der Waals surface area contributed by atoms with E-state index in [1.54, 1.807) is 36.4 Å². The number of hydrogen-bond acceptors (Lipinski definition) is 4. The second-order valence-electron chi connectivity index (χ2n) is 8.63. The van der Waals surface area contributed by atoms with Gasteiger partial charge in [0, 0.05) is 24.3 Å². The molecule has 0 aromatic heterocycles. The van der Waals surface area contributed by atoms with Crippen molar-refractivity contribution in [2.45, 2.75) is 6.42 Å². The first-order valence-corrected chi connectivity index (χ1v) is 12.5. The fourth-order valence-electron chi connectivity index (χ4n) is 3.82. The minimum atomic E-state index is -0.988. The van der Waals surface area contributed by atoms with E-state index < -0.39 is 12.1 Å². The van der Waals surface area contributed by atoms with Crippen molar-refractivity contribution in [3.05, 3.63) is 126 Å². The number of amides is 2. The summed E-state index contributed by atoms with van der Waals surface area (Å²) in [7, 11) is 0. The average molecular weight is 521 g/mol. The number of anilines is 1. The van der Waals surface area contributed by atoms with Gasteiger partial charge in [-0.3, -0.25) is 14.5 Å². The van der Waals surface area contributed by atoms with Crippen LogP contribution in [0.15, 0.2) is 115 Å². The standard InChI is InChI=1S/C32H28N2O5/c35-30(36)21-22-33-31(37)27-13-17-28(18-14-27)34(23-7-10-24-8-3-1-4-9-24)32(38)39-29-19-15-26(16-20-29)25-11-5-2-6-12-25/h1-20H,21-23H2,(H,33,37)(H,35,36)/b10-7+. The smallest absolute Gasteiger partial charge is 0.420 e. The lowest BCUT2D eigenvalue weighted by atomic mass is 10.1. The molecule has 4 rings (SSSR count). The molecule has 0 saturated heterocycles. The van der Waals surface area contributed by atoms with Gasteiger partial charge in [0.1, 0.15) is 5.75 Å². The number of carbonyl (C=O) groups is 3. The molecule has 0 bridgehead atoms. The molecule has 4 aromatic rings. The fraction of sp³-hybridized carbons (Fsp3) is 0.0938. The second kappa shape index (κ2) is 13.4. The molecule has 0 aliphatic heterocycles. The van der Waals surface area contributed by atoms with E-state index >= 15 is 0 Å². The summed E-state index contributed by atoms with van der Waals surface area (Å²) in [4.78, 5) is 37.7. The third kappa shape index (κ3) is 7.90. The first-order valence-electron chi connectivity index (χ1n) is 12.5. The maximum Gasteiger partial charge on any atom is 0.420 e. The Labute approximate surface area is 227 Å². The molecule has 0 spiro atoms. The highest BCUT2D eigenvalue weighted by Gasteiger charge is 2.18. The molecule has 0 radical (unpaired) electrons. The number of benzene rings is 4. The van der Waals surface area contributed by atoms with Gasteiger partial charge >= 0.3 is 12.1 Å². The van der Waals surface area contributed by atoms with E-state index in [0.29, 0.717) is 17.0 Å². The summed E-state index contributed by atoms with van der Waals surface area (Å²) in [5, 5.41) is 11.3. The molecule has 0 aliphatic carbocycles. The van der Waals surface area contributed by atoms with Crippen LogP contribution < -0.4 is 15.0 Å². The maximum absolute atomic E-state index is 13.3. The quantitative estimate of drug-likeness (QED) is 0.257. The highest BCUT2D eigenvalue weighted by molar-refractivity contribution is 5.96. The number of rotatable bonds is 10. The van der Waals surface area contributed by atoms with Crippen LogP contribution in [0.2, 0.25) is 0 Å². The zero-order chi connectivity index (χ0) is 27.5. The molecule has 0 heterocycles. The lowest BCUT2D eigenvalue weighted by Crippen LogP contribution is -2.34. The molecule has 0 atom stereocenters. The molecule has 4 aromatic carbocycles. The molecular formula is C32H28N2O5. The van der Waals surface area contributed by atoms with Gasteiger partial charge in [-0.15, -0.1) is 0 Å². The Balaban J connectivity index is 1.49. The molecular weight excluding hydrogens is 492 g/mol. The van der Waals surface area contributed by atoms with Crippen LogP contribution in [-0.4, -0.2) is 36.2 Å². The largest absolute Gasteiger partial charge is 0.481 e. The minimum Gasteiger partial charge on any atom is -0.481 e. The normalized spacial score (nSPS) is 10.7. The third-order valence-electron chi connectivity index (χ3n) is 5.85. The summed E-state index contributed by atoms with van der Waals surface area (Å²) >= 11 is 0. The second-order valence-corrected chi connectivity index (χ2v) is 8.63. The Bertz CT molecular complexity index is 1420. The molecule has 196 valence electrons. The van der Waals surface area contributed by atoms with Crippen molar-refractivity contribution in [1.29, 1.82) is 0 Å². The number of nitrogens with one attached hydrogen (secondary N) is 1. The monoisotopic (exact) mass is 520 g/mol. The number of nitrogens with zero attached hydrogens (tertiary/aromatic N) is 1. The lowest BCUT2D eigenvalue weighted by molar-refractivity contribution is -0.136. The van der Waals surface area contributed by atoms with E-state index in [1.165, 1.54) is 4.90 Å². The van der Waals surface area contributed by atoms with E-state index in [1.807, 2.05) is 84.9 Å². The Hall–Kier alpha value is -5.17. The van der Waals surface area contributed by atoms with Gasteiger partial charge < -0.3 is 15.2 Å².